The molecule has 0 bridgehead atoms. The molecule has 2 aromatic carbocycles. The third-order valence-corrected chi connectivity index (χ3v) is 6.02. The van der Waals surface area contributed by atoms with Gasteiger partial charge in [0.25, 0.3) is 0 Å². The van der Waals surface area contributed by atoms with Crippen molar-refractivity contribution in [2.45, 2.75) is 18.7 Å². The Balaban J connectivity index is 1.63. The van der Waals surface area contributed by atoms with E-state index >= 15 is 0 Å². The normalized spacial score (nSPS) is 20.7. The molecule has 27 heavy (non-hydrogen) atoms. The van der Waals surface area contributed by atoms with Gasteiger partial charge in [0.2, 0.25) is 6.23 Å². The van der Waals surface area contributed by atoms with Crippen molar-refractivity contribution >= 4 is 40.3 Å². The first-order valence-electron chi connectivity index (χ1n) is 8.43. The molecule has 0 saturated carbocycles. The van der Waals surface area contributed by atoms with Crippen molar-refractivity contribution in [2.75, 3.05) is 0 Å². The highest BCUT2D eigenvalue weighted by Crippen LogP contribution is 2.48. The van der Waals surface area contributed by atoms with Gasteiger partial charge in [0.05, 0.1) is 11.8 Å². The molecule has 1 N–H and O–H groups in total. The highest BCUT2D eigenvalue weighted by Gasteiger charge is 2.41. The number of thiophene rings is 1. The molecule has 2 aliphatic heterocycles. The van der Waals surface area contributed by atoms with E-state index in [1.807, 2.05) is 34.7 Å². The molecule has 0 saturated heterocycles. The van der Waals surface area contributed by atoms with Gasteiger partial charge in [-0.2, -0.15) is 16.4 Å². The van der Waals surface area contributed by atoms with E-state index in [-0.39, 0.29) is 18.0 Å². The molecule has 0 amide bonds. The molecule has 4 nitrogen and oxygen atoms in total. The third kappa shape index (κ3) is 2.87. The molecule has 0 unspecified atom stereocenters. The minimum Gasteiger partial charge on any atom is -0.507 e. The number of aromatic hydroxyl groups is 1. The van der Waals surface area contributed by atoms with E-state index in [1.54, 1.807) is 29.5 Å². The van der Waals surface area contributed by atoms with Crippen LogP contribution in [0.1, 0.15) is 35.4 Å². The number of halogens is 2. The first-order valence-corrected chi connectivity index (χ1v) is 10.1. The topological polar surface area (TPSA) is 45.1 Å². The quantitative estimate of drug-likeness (QED) is 0.556. The fraction of sp³-hybridized carbons (Fsp3) is 0.150. The molecule has 5 rings (SSSR count). The van der Waals surface area contributed by atoms with Crippen LogP contribution in [0, 0.1) is 0 Å². The number of hydrazone groups is 1. The lowest BCUT2D eigenvalue weighted by atomic mass is 9.96. The summed E-state index contributed by atoms with van der Waals surface area (Å²) in [5, 5.41) is 22.4. The van der Waals surface area contributed by atoms with Crippen LogP contribution in [0.2, 0.25) is 10.0 Å². The van der Waals surface area contributed by atoms with Gasteiger partial charge in [-0.15, -0.1) is 0 Å². The lowest BCUT2D eigenvalue weighted by Crippen LogP contribution is -2.33. The summed E-state index contributed by atoms with van der Waals surface area (Å²) < 4.78 is 6.26. The second-order valence-corrected chi connectivity index (χ2v) is 8.17. The fourth-order valence-corrected chi connectivity index (χ4v) is 4.61. The zero-order valence-corrected chi connectivity index (χ0v) is 16.3. The van der Waals surface area contributed by atoms with Crippen molar-refractivity contribution in [1.82, 2.24) is 5.01 Å². The second-order valence-electron chi connectivity index (χ2n) is 6.52. The molecule has 136 valence electrons. The number of rotatable bonds is 2. The van der Waals surface area contributed by atoms with Gasteiger partial charge >= 0.3 is 0 Å². The summed E-state index contributed by atoms with van der Waals surface area (Å²) >= 11 is 14.0. The van der Waals surface area contributed by atoms with Gasteiger partial charge in [-0.05, 0) is 53.2 Å². The van der Waals surface area contributed by atoms with Crippen LogP contribution in [0.4, 0.5) is 0 Å². The molecule has 0 spiro atoms. The zero-order chi connectivity index (χ0) is 18.5. The summed E-state index contributed by atoms with van der Waals surface area (Å²) in [4.78, 5) is 0. The first kappa shape index (κ1) is 16.9. The Morgan fingerprint density at radius 2 is 1.93 bits per heavy atom. The second kappa shape index (κ2) is 6.44. The summed E-state index contributed by atoms with van der Waals surface area (Å²) in [5.41, 5.74) is 3.46. The molecule has 0 radical (unpaired) electrons. The third-order valence-electron chi connectivity index (χ3n) is 4.85. The van der Waals surface area contributed by atoms with Gasteiger partial charge in [-0.3, -0.25) is 0 Å². The Morgan fingerprint density at radius 3 is 2.74 bits per heavy atom. The van der Waals surface area contributed by atoms with Crippen LogP contribution < -0.4 is 4.74 Å². The van der Waals surface area contributed by atoms with Gasteiger partial charge in [-0.1, -0.05) is 23.2 Å². The van der Waals surface area contributed by atoms with E-state index in [2.05, 4.69) is 5.38 Å². The van der Waals surface area contributed by atoms with E-state index < -0.39 is 0 Å². The maximum atomic E-state index is 10.3. The summed E-state index contributed by atoms with van der Waals surface area (Å²) in [5.74, 6) is 0.973. The number of ether oxygens (including phenoxy) is 1. The van der Waals surface area contributed by atoms with E-state index in [1.165, 1.54) is 0 Å². The van der Waals surface area contributed by atoms with Crippen LogP contribution >= 0.6 is 34.5 Å². The summed E-state index contributed by atoms with van der Waals surface area (Å²) in [6.45, 7) is 0. The fourth-order valence-electron chi connectivity index (χ4n) is 3.60. The lowest BCUT2D eigenvalue weighted by molar-refractivity contribution is -0.0187. The SMILES string of the molecule is Oc1ccc(Cl)cc1C1=NN2[C@H](C1)c1cc(Cl)ccc1O[C@H]2c1ccsc1. The first-order chi connectivity index (χ1) is 13.1. The number of phenols is 1. The smallest absolute Gasteiger partial charge is 0.214 e. The Hall–Kier alpha value is -2.21. The van der Waals surface area contributed by atoms with Crippen molar-refractivity contribution in [3.05, 3.63) is 80.0 Å². The van der Waals surface area contributed by atoms with E-state index in [9.17, 15) is 5.11 Å². The molecule has 0 aliphatic carbocycles. The molecule has 3 heterocycles. The van der Waals surface area contributed by atoms with Crippen LogP contribution in [-0.4, -0.2) is 15.8 Å². The van der Waals surface area contributed by atoms with Crippen LogP contribution in [-0.2, 0) is 0 Å². The van der Waals surface area contributed by atoms with Crippen LogP contribution in [0.25, 0.3) is 0 Å². The van der Waals surface area contributed by atoms with E-state index in [4.69, 9.17) is 33.0 Å². The number of phenolic OH excluding ortho intramolecular Hbond substituents is 1. The monoisotopic (exact) mass is 416 g/mol. The average Bonchev–Trinajstić information content (AvgIpc) is 3.33. The maximum Gasteiger partial charge on any atom is 0.214 e. The number of benzene rings is 2. The van der Waals surface area contributed by atoms with Crippen LogP contribution in [0.5, 0.6) is 11.5 Å². The largest absolute Gasteiger partial charge is 0.507 e. The van der Waals surface area contributed by atoms with Crippen molar-refractivity contribution in [1.29, 1.82) is 0 Å². The predicted octanol–water partition coefficient (Wildman–Crippen LogP) is 6.00. The predicted molar refractivity (Wildman–Crippen MR) is 108 cm³/mol. The van der Waals surface area contributed by atoms with Gasteiger partial charge in [0.15, 0.2) is 0 Å². The van der Waals surface area contributed by atoms with Gasteiger partial charge in [-0.25, -0.2) is 5.01 Å². The Bertz CT molecular complexity index is 1050. The van der Waals surface area contributed by atoms with E-state index in [0.29, 0.717) is 22.0 Å². The molecule has 7 heteroatoms. The molecule has 1 aromatic heterocycles. The highest BCUT2D eigenvalue weighted by atomic mass is 35.5. The van der Waals surface area contributed by atoms with Crippen molar-refractivity contribution in [3.63, 3.8) is 0 Å². The zero-order valence-electron chi connectivity index (χ0n) is 14.0. The highest BCUT2D eigenvalue weighted by molar-refractivity contribution is 7.07. The van der Waals surface area contributed by atoms with Gasteiger partial charge in [0.1, 0.15) is 11.5 Å². The molecule has 2 aliphatic rings. The number of hydrogen-bond acceptors (Lipinski definition) is 5. The van der Waals surface area contributed by atoms with Crippen LogP contribution in [0.3, 0.4) is 0 Å². The number of fused-ring (bicyclic) bond motifs is 3. The standard InChI is InChI=1S/C20H14Cl2N2O2S/c21-12-1-3-18(25)14(7-12)16-9-17-15-8-13(22)2-4-19(15)26-20(24(17)23-16)11-5-6-27-10-11/h1-8,10,17,20,25H,9H2/t17-,20+/m1/s1. The van der Waals surface area contributed by atoms with E-state index in [0.717, 1.165) is 22.6 Å². The minimum absolute atomic E-state index is 0.0225. The lowest BCUT2D eigenvalue weighted by Gasteiger charge is -2.37. The Kier molecular flexibility index (Phi) is 4.04. The Labute approximate surface area is 170 Å². The average molecular weight is 417 g/mol. The molecule has 2 atom stereocenters. The summed E-state index contributed by atoms with van der Waals surface area (Å²) in [6.07, 6.45) is 0.305. The number of nitrogens with zero attached hydrogens (tertiary/aromatic N) is 2. The number of hydrogen-bond donors (Lipinski definition) is 1. The Morgan fingerprint density at radius 1 is 1.11 bits per heavy atom. The van der Waals surface area contributed by atoms with Gasteiger partial charge in [0, 0.05) is 33.2 Å². The summed E-state index contributed by atoms with van der Waals surface area (Å²) in [6, 6.07) is 12.7. The van der Waals surface area contributed by atoms with Crippen molar-refractivity contribution < 1.29 is 9.84 Å². The van der Waals surface area contributed by atoms with Crippen molar-refractivity contribution in [2.24, 2.45) is 5.10 Å². The maximum absolute atomic E-state index is 10.3. The summed E-state index contributed by atoms with van der Waals surface area (Å²) in [7, 11) is 0. The van der Waals surface area contributed by atoms with Crippen LogP contribution in [0.15, 0.2) is 58.3 Å². The minimum atomic E-state index is -0.325. The van der Waals surface area contributed by atoms with Gasteiger partial charge < -0.3 is 9.84 Å². The molecular formula is C20H14Cl2N2O2S. The van der Waals surface area contributed by atoms with Crippen molar-refractivity contribution in [3.8, 4) is 11.5 Å². The molecular weight excluding hydrogens is 403 g/mol. The molecule has 3 aromatic rings. The molecule has 0 fully saturated rings.